The predicted molar refractivity (Wildman–Crippen MR) is 230 cm³/mol. The molecule has 2 aromatic heterocycles. The van der Waals surface area contributed by atoms with Crippen molar-refractivity contribution in [1.29, 1.82) is 0 Å². The molecule has 6 aromatic rings. The van der Waals surface area contributed by atoms with Gasteiger partial charge in [0.05, 0.1) is 27.8 Å². The summed E-state index contributed by atoms with van der Waals surface area (Å²) in [6.07, 6.45) is 12.8. The molecule has 2 saturated carbocycles. The molecule has 12 heteroatoms. The minimum Gasteiger partial charge on any atom is -0.490 e. The third kappa shape index (κ3) is 8.32. The monoisotopic (exact) mass is 814 g/mol. The van der Waals surface area contributed by atoms with Crippen molar-refractivity contribution in [3.63, 3.8) is 0 Å². The molecule has 0 spiro atoms. The Bertz CT molecular complexity index is 2580. The first kappa shape index (κ1) is 40.0. The van der Waals surface area contributed by atoms with E-state index in [1.807, 2.05) is 48.5 Å². The number of hydrogen-bond donors (Lipinski definition) is 0. The summed E-state index contributed by atoms with van der Waals surface area (Å²) < 4.78 is 43.1. The Hall–Kier alpha value is -5.46. The van der Waals surface area contributed by atoms with Gasteiger partial charge >= 0.3 is 0 Å². The van der Waals surface area contributed by atoms with Gasteiger partial charge in [0.25, 0.3) is 11.1 Å². The van der Waals surface area contributed by atoms with Crippen molar-refractivity contribution < 1.29 is 18.3 Å². The molecule has 312 valence electrons. The largest absolute Gasteiger partial charge is 0.490 e. The van der Waals surface area contributed by atoms with E-state index in [1.54, 1.807) is 30.5 Å². The van der Waals surface area contributed by atoms with Crippen LogP contribution in [-0.4, -0.2) is 79.4 Å². The minimum absolute atomic E-state index is 0.0154. The summed E-state index contributed by atoms with van der Waals surface area (Å²) in [5.41, 5.74) is 1.54. The second-order valence-electron chi connectivity index (χ2n) is 16.8. The summed E-state index contributed by atoms with van der Waals surface area (Å²) >= 11 is 0. The lowest BCUT2D eigenvalue weighted by atomic mass is 9.90. The molecule has 0 radical (unpaired) electrons. The van der Waals surface area contributed by atoms with Crippen molar-refractivity contribution in [2.24, 2.45) is 0 Å². The molecule has 2 aliphatic heterocycles. The van der Waals surface area contributed by atoms with Crippen molar-refractivity contribution in [3.8, 4) is 22.9 Å². The maximum Gasteiger partial charge on any atom is 0.268 e. The van der Waals surface area contributed by atoms with Crippen molar-refractivity contribution in [2.45, 2.75) is 102 Å². The number of hydrogen-bond acceptors (Lipinski definition) is 8. The number of aromatic nitrogens is 4. The zero-order valence-corrected chi connectivity index (χ0v) is 34.4. The van der Waals surface area contributed by atoms with Gasteiger partial charge in [-0.15, -0.1) is 0 Å². The Morgan fingerprint density at radius 2 is 1.05 bits per heavy atom. The quantitative estimate of drug-likeness (QED) is 0.151. The highest BCUT2D eigenvalue weighted by Gasteiger charge is 2.30. The molecular formula is C48H52F2N6O4. The van der Waals surface area contributed by atoms with Gasteiger partial charge in [-0.05, 0) is 138 Å². The average Bonchev–Trinajstić information content (AvgIpc) is 3.19. The molecule has 4 heterocycles. The standard InChI is InChI=1S/2C24H26FN3O2/c1-16-26-22-7-3-6-21(25)23(22)24(29)28(16)18-8-10-19(11-9-18)30-20-12-14-27(15-13-20)17-4-2-5-17;1-16-26-23-15-17(25)5-10-22(23)24(29)28(16)19-6-8-20(9-7-19)30-21-11-13-27(14-12-21)18-3-2-4-18/h3,6-11,17,20H,2,4-5,12-15H2,1H3;5-10,15,18,21H,2-4,11-14H2,1H3. The van der Waals surface area contributed by atoms with Crippen LogP contribution >= 0.6 is 0 Å². The van der Waals surface area contributed by atoms with E-state index >= 15 is 0 Å². The van der Waals surface area contributed by atoms with Gasteiger partial charge in [-0.25, -0.2) is 18.7 Å². The van der Waals surface area contributed by atoms with Crippen LogP contribution in [0.5, 0.6) is 11.5 Å². The van der Waals surface area contributed by atoms with E-state index < -0.39 is 17.2 Å². The van der Waals surface area contributed by atoms with Gasteiger partial charge < -0.3 is 19.3 Å². The van der Waals surface area contributed by atoms with Crippen LogP contribution in [0.3, 0.4) is 0 Å². The maximum absolute atomic E-state index is 14.2. The van der Waals surface area contributed by atoms with Crippen LogP contribution in [0.4, 0.5) is 8.78 Å². The first-order valence-electron chi connectivity index (χ1n) is 21.6. The van der Waals surface area contributed by atoms with Crippen molar-refractivity contribution in [3.05, 3.63) is 129 Å². The highest BCUT2D eigenvalue weighted by atomic mass is 19.1. The first-order valence-corrected chi connectivity index (χ1v) is 21.6. The molecule has 2 aliphatic carbocycles. The van der Waals surface area contributed by atoms with E-state index in [9.17, 15) is 18.4 Å². The fourth-order valence-electron chi connectivity index (χ4n) is 9.13. The summed E-state index contributed by atoms with van der Waals surface area (Å²) in [6, 6.07) is 25.2. The van der Waals surface area contributed by atoms with Crippen LogP contribution in [0.2, 0.25) is 0 Å². The Balaban J connectivity index is 0.000000154. The number of nitrogens with zero attached hydrogens (tertiary/aromatic N) is 6. The number of likely N-dealkylation sites (tertiary alicyclic amines) is 2. The molecule has 2 saturated heterocycles. The van der Waals surface area contributed by atoms with Crippen LogP contribution in [-0.2, 0) is 0 Å². The van der Waals surface area contributed by atoms with Gasteiger partial charge in [-0.3, -0.25) is 18.7 Å². The Morgan fingerprint density at radius 3 is 1.53 bits per heavy atom. The van der Waals surface area contributed by atoms with Gasteiger partial charge in [0.15, 0.2) is 0 Å². The highest BCUT2D eigenvalue weighted by molar-refractivity contribution is 5.79. The number of aryl methyl sites for hydroxylation is 2. The normalized spacial score (nSPS) is 18.5. The molecule has 0 amide bonds. The molecular weight excluding hydrogens is 763 g/mol. The summed E-state index contributed by atoms with van der Waals surface area (Å²) in [7, 11) is 0. The molecule has 10 rings (SSSR count). The van der Waals surface area contributed by atoms with Crippen molar-refractivity contribution >= 4 is 21.8 Å². The zero-order chi connectivity index (χ0) is 41.3. The molecule has 10 nitrogen and oxygen atoms in total. The fourth-order valence-corrected chi connectivity index (χ4v) is 9.13. The first-order chi connectivity index (χ1) is 29.2. The summed E-state index contributed by atoms with van der Waals surface area (Å²) in [5.74, 6) is 1.72. The Morgan fingerprint density at radius 1 is 0.567 bits per heavy atom. The maximum atomic E-state index is 14.2. The minimum atomic E-state index is -0.549. The lowest BCUT2D eigenvalue weighted by molar-refractivity contribution is 0.0492. The molecule has 0 bridgehead atoms. The fraction of sp³-hybridized carbons (Fsp3) is 0.417. The number of benzene rings is 4. The molecule has 4 fully saturated rings. The van der Waals surface area contributed by atoms with Gasteiger partial charge in [0, 0.05) is 44.3 Å². The van der Waals surface area contributed by atoms with E-state index in [1.165, 1.54) is 67.4 Å². The van der Waals surface area contributed by atoms with Crippen LogP contribution < -0.4 is 20.6 Å². The Labute approximate surface area is 348 Å². The predicted octanol–water partition coefficient (Wildman–Crippen LogP) is 8.46. The number of piperidine rings is 2. The van der Waals surface area contributed by atoms with E-state index in [0.717, 1.165) is 81.1 Å². The van der Waals surface area contributed by atoms with Crippen LogP contribution in [0.1, 0.15) is 75.9 Å². The number of rotatable bonds is 8. The number of ether oxygens (including phenoxy) is 2. The molecule has 0 unspecified atom stereocenters. The summed E-state index contributed by atoms with van der Waals surface area (Å²) in [5, 5.41) is 0.419. The lowest BCUT2D eigenvalue weighted by Gasteiger charge is -2.41. The van der Waals surface area contributed by atoms with Crippen molar-refractivity contribution in [2.75, 3.05) is 26.2 Å². The second kappa shape index (κ2) is 17.3. The average molecular weight is 815 g/mol. The molecule has 4 aromatic carbocycles. The van der Waals surface area contributed by atoms with Gasteiger partial charge in [0.2, 0.25) is 0 Å². The molecule has 0 atom stereocenters. The van der Waals surface area contributed by atoms with Crippen LogP contribution in [0, 0.1) is 25.5 Å². The van der Waals surface area contributed by atoms with E-state index in [4.69, 9.17) is 9.47 Å². The third-order valence-electron chi connectivity index (χ3n) is 12.9. The lowest BCUT2D eigenvalue weighted by Crippen LogP contribution is -2.46. The topological polar surface area (TPSA) is 94.7 Å². The van der Waals surface area contributed by atoms with E-state index in [2.05, 4.69) is 19.8 Å². The SMILES string of the molecule is Cc1nc2cc(F)ccc2c(=O)n1-c1ccc(OC2CCN(C3CCC3)CC2)cc1.Cc1nc2cccc(F)c2c(=O)n1-c1ccc(OC2CCN(C3CCC3)CC2)cc1. The van der Waals surface area contributed by atoms with Crippen molar-refractivity contribution in [1.82, 2.24) is 28.9 Å². The van der Waals surface area contributed by atoms with E-state index in [0.29, 0.717) is 33.8 Å². The summed E-state index contributed by atoms with van der Waals surface area (Å²) in [6.45, 7) is 7.96. The number of fused-ring (bicyclic) bond motifs is 2. The smallest absolute Gasteiger partial charge is 0.268 e. The van der Waals surface area contributed by atoms with Gasteiger partial charge in [0.1, 0.15) is 52.4 Å². The number of halogens is 2. The highest BCUT2D eigenvalue weighted by Crippen LogP contribution is 2.30. The van der Waals surface area contributed by atoms with Gasteiger partial charge in [-0.2, -0.15) is 0 Å². The molecule has 60 heavy (non-hydrogen) atoms. The van der Waals surface area contributed by atoms with Crippen LogP contribution in [0.15, 0.2) is 94.5 Å². The third-order valence-corrected chi connectivity index (χ3v) is 12.9. The van der Waals surface area contributed by atoms with Gasteiger partial charge in [-0.1, -0.05) is 18.9 Å². The van der Waals surface area contributed by atoms with E-state index in [-0.39, 0.29) is 23.2 Å². The summed E-state index contributed by atoms with van der Waals surface area (Å²) in [4.78, 5) is 39.9. The molecule has 4 aliphatic rings. The Kier molecular flexibility index (Phi) is 11.5. The molecule has 0 N–H and O–H groups in total. The zero-order valence-electron chi connectivity index (χ0n) is 34.4. The van der Waals surface area contributed by atoms with Crippen LogP contribution in [0.25, 0.3) is 33.2 Å². The second-order valence-corrected chi connectivity index (χ2v) is 16.8.